The van der Waals surface area contributed by atoms with Crippen LogP contribution in [0.2, 0.25) is 0 Å². The van der Waals surface area contributed by atoms with Crippen molar-refractivity contribution >= 4 is 39.8 Å². The number of nitrogens with zero attached hydrogens (tertiary/aromatic N) is 4. The lowest BCUT2D eigenvalue weighted by Crippen LogP contribution is -2.22. The topological polar surface area (TPSA) is 72.6 Å². The Bertz CT molecular complexity index is 1460. The fourth-order valence-electron chi connectivity index (χ4n) is 3.91. The summed E-state index contributed by atoms with van der Waals surface area (Å²) in [6, 6.07) is 17.7. The number of carbonyl (C=O) groups excluding carboxylic acids is 1. The normalized spacial score (nSPS) is 11.3. The number of carbonyl (C=O) groups is 1. The first-order chi connectivity index (χ1) is 15.0. The first kappa shape index (κ1) is 19.0. The van der Waals surface area contributed by atoms with Crippen molar-refractivity contribution in [1.29, 1.82) is 0 Å². The number of fused-ring (bicyclic) bond motifs is 5. The number of rotatable bonds is 4. The molecule has 0 bridgehead atoms. The zero-order valence-electron chi connectivity index (χ0n) is 17.6. The van der Waals surface area contributed by atoms with E-state index >= 15 is 0 Å². The monoisotopic (exact) mass is 412 g/mol. The molecule has 1 N–H and O–H groups in total. The molecule has 0 aliphatic rings. The van der Waals surface area contributed by atoms with E-state index in [0.717, 1.165) is 33.6 Å². The van der Waals surface area contributed by atoms with Gasteiger partial charge in [0.25, 0.3) is 11.6 Å². The molecule has 0 aliphatic carbocycles. The second-order valence-electron chi connectivity index (χ2n) is 7.45. The molecule has 0 fully saturated rings. The third-order valence-electron chi connectivity index (χ3n) is 5.23. The highest BCUT2D eigenvalue weighted by atomic mass is 16.5. The average Bonchev–Trinajstić information content (AvgIpc) is 3.14. The van der Waals surface area contributed by atoms with Gasteiger partial charge in [-0.1, -0.05) is 18.2 Å². The van der Waals surface area contributed by atoms with Crippen molar-refractivity contribution in [2.24, 2.45) is 0 Å². The molecule has 0 saturated carbocycles. The number of nitrogens with one attached hydrogen (secondary N) is 1. The molecule has 0 radical (unpaired) electrons. The Kier molecular flexibility index (Phi) is 4.51. The molecular weight excluding hydrogens is 390 g/mol. The maximum atomic E-state index is 12.5. The zero-order chi connectivity index (χ0) is 21.5. The van der Waals surface area contributed by atoms with Crippen LogP contribution in [0.25, 0.3) is 22.2 Å². The maximum absolute atomic E-state index is 12.5. The molecular formula is C24H22N5O2+. The van der Waals surface area contributed by atoms with E-state index in [9.17, 15) is 4.79 Å². The molecule has 5 rings (SSSR count). The summed E-state index contributed by atoms with van der Waals surface area (Å²) >= 11 is 0. The van der Waals surface area contributed by atoms with Gasteiger partial charge in [-0.15, -0.1) is 4.98 Å². The van der Waals surface area contributed by atoms with Gasteiger partial charge in [-0.05, 0) is 50.6 Å². The molecule has 7 nitrogen and oxygen atoms in total. The van der Waals surface area contributed by atoms with Gasteiger partial charge < -0.3 is 10.1 Å². The van der Waals surface area contributed by atoms with Gasteiger partial charge in [-0.3, -0.25) is 0 Å². The Hall–Kier alpha value is -4.00. The summed E-state index contributed by atoms with van der Waals surface area (Å²) < 4.78 is 9.22. The van der Waals surface area contributed by atoms with Crippen LogP contribution in [0.1, 0.15) is 28.7 Å². The Morgan fingerprint density at radius 3 is 2.68 bits per heavy atom. The van der Waals surface area contributed by atoms with Gasteiger partial charge in [0.05, 0.1) is 12.0 Å². The summed E-state index contributed by atoms with van der Waals surface area (Å²) in [5, 5.41) is 4.42. The average molecular weight is 412 g/mol. The van der Waals surface area contributed by atoms with Crippen LogP contribution >= 0.6 is 0 Å². The van der Waals surface area contributed by atoms with Crippen molar-refractivity contribution in [2.45, 2.75) is 20.8 Å². The van der Waals surface area contributed by atoms with Gasteiger partial charge in [-0.25, -0.2) is 4.79 Å². The Labute approximate surface area is 179 Å². The van der Waals surface area contributed by atoms with Crippen LogP contribution in [0.4, 0.5) is 11.6 Å². The van der Waals surface area contributed by atoms with Crippen LogP contribution in [0, 0.1) is 13.8 Å². The standard InChI is InChI=1S/C24H22N5O2/c1-4-31-23(30)20-13-18-14-28-21(11-10-19-15(2)12-16(3)25-22(19)28)29(18)24(27-20)26-17-8-6-5-7-9-17/h5-14H,4H2,1-3H3,(H,26,27)/q+1. The Balaban J connectivity index is 1.83. The van der Waals surface area contributed by atoms with E-state index in [2.05, 4.69) is 29.4 Å². The molecule has 1 aromatic carbocycles. The summed E-state index contributed by atoms with van der Waals surface area (Å²) in [5.74, 6) is 0.0732. The second kappa shape index (κ2) is 7.36. The van der Waals surface area contributed by atoms with Gasteiger partial charge >= 0.3 is 5.97 Å². The SMILES string of the molecule is CCOC(=O)c1cc2c[n+]3c4nc(C)cc(C)c4ccc3n2c(Nc2ccccc2)n1. The summed E-state index contributed by atoms with van der Waals surface area (Å²) in [5.41, 5.74) is 5.80. The molecule has 0 amide bonds. The number of imidazole rings is 1. The van der Waals surface area contributed by atoms with Crippen LogP contribution in [0.3, 0.4) is 0 Å². The third-order valence-corrected chi connectivity index (χ3v) is 5.23. The van der Waals surface area contributed by atoms with Crippen molar-refractivity contribution in [2.75, 3.05) is 11.9 Å². The van der Waals surface area contributed by atoms with Crippen molar-refractivity contribution in [3.63, 3.8) is 0 Å². The summed E-state index contributed by atoms with van der Waals surface area (Å²) in [4.78, 5) is 21.8. The van der Waals surface area contributed by atoms with E-state index in [0.29, 0.717) is 5.95 Å². The molecule has 154 valence electrons. The number of anilines is 2. The first-order valence-corrected chi connectivity index (χ1v) is 10.2. The number of para-hydroxylation sites is 1. The van der Waals surface area contributed by atoms with Crippen LogP contribution in [-0.2, 0) is 4.74 Å². The zero-order valence-corrected chi connectivity index (χ0v) is 17.6. The second-order valence-corrected chi connectivity index (χ2v) is 7.45. The van der Waals surface area contributed by atoms with Gasteiger partial charge in [0.2, 0.25) is 5.65 Å². The van der Waals surface area contributed by atoms with E-state index in [1.54, 1.807) is 13.0 Å². The fraction of sp³-hybridized carbons (Fsp3) is 0.167. The first-order valence-electron chi connectivity index (χ1n) is 10.2. The predicted molar refractivity (Wildman–Crippen MR) is 119 cm³/mol. The number of aromatic nitrogens is 4. The molecule has 0 spiro atoms. The molecule has 4 aromatic heterocycles. The molecule has 0 saturated heterocycles. The van der Waals surface area contributed by atoms with Gasteiger partial charge in [0.1, 0.15) is 17.4 Å². The number of aryl methyl sites for hydroxylation is 2. The molecule has 5 aromatic rings. The highest BCUT2D eigenvalue weighted by molar-refractivity contribution is 5.89. The molecule has 7 heteroatoms. The number of hydrogen-bond acceptors (Lipinski definition) is 5. The van der Waals surface area contributed by atoms with Crippen LogP contribution in [-0.4, -0.2) is 26.9 Å². The smallest absolute Gasteiger partial charge is 0.357 e. The minimum absolute atomic E-state index is 0.251. The van der Waals surface area contributed by atoms with Crippen molar-refractivity contribution < 1.29 is 13.9 Å². The maximum Gasteiger partial charge on any atom is 0.357 e. The Morgan fingerprint density at radius 2 is 1.90 bits per heavy atom. The summed E-state index contributed by atoms with van der Waals surface area (Å²) in [7, 11) is 0. The largest absolute Gasteiger partial charge is 0.461 e. The number of hydrogen-bond donors (Lipinski definition) is 1. The van der Waals surface area contributed by atoms with Crippen molar-refractivity contribution in [3.05, 3.63) is 77.7 Å². The number of ether oxygens (including phenoxy) is 1. The van der Waals surface area contributed by atoms with Gasteiger partial charge in [0.15, 0.2) is 5.69 Å². The van der Waals surface area contributed by atoms with Crippen molar-refractivity contribution in [3.8, 4) is 0 Å². The lowest BCUT2D eigenvalue weighted by molar-refractivity contribution is -0.481. The summed E-state index contributed by atoms with van der Waals surface area (Å²) in [6.45, 7) is 6.15. The van der Waals surface area contributed by atoms with Crippen LogP contribution in [0.5, 0.6) is 0 Å². The molecule has 0 atom stereocenters. The lowest BCUT2D eigenvalue weighted by atomic mass is 10.1. The fourth-order valence-corrected chi connectivity index (χ4v) is 3.91. The molecule has 0 aliphatic heterocycles. The highest BCUT2D eigenvalue weighted by Gasteiger charge is 2.22. The van der Waals surface area contributed by atoms with Gasteiger partial charge in [-0.2, -0.15) is 13.8 Å². The Morgan fingerprint density at radius 1 is 1.10 bits per heavy atom. The number of benzene rings is 1. The molecule has 31 heavy (non-hydrogen) atoms. The van der Waals surface area contributed by atoms with E-state index in [1.165, 1.54) is 5.56 Å². The van der Waals surface area contributed by atoms with E-state index in [1.807, 2.05) is 58.3 Å². The van der Waals surface area contributed by atoms with Crippen LogP contribution < -0.4 is 9.72 Å². The van der Waals surface area contributed by atoms with E-state index in [4.69, 9.17) is 9.72 Å². The van der Waals surface area contributed by atoms with E-state index in [-0.39, 0.29) is 12.3 Å². The van der Waals surface area contributed by atoms with Gasteiger partial charge in [0, 0.05) is 17.8 Å². The minimum Gasteiger partial charge on any atom is -0.461 e. The van der Waals surface area contributed by atoms with Crippen LogP contribution in [0.15, 0.2) is 60.8 Å². The minimum atomic E-state index is -0.453. The van der Waals surface area contributed by atoms with Crippen molar-refractivity contribution in [1.82, 2.24) is 14.4 Å². The molecule has 4 heterocycles. The summed E-state index contributed by atoms with van der Waals surface area (Å²) in [6.07, 6.45) is 1.98. The third kappa shape index (κ3) is 3.24. The van der Waals surface area contributed by atoms with E-state index < -0.39 is 5.97 Å². The lowest BCUT2D eigenvalue weighted by Gasteiger charge is -2.08. The quantitative estimate of drug-likeness (QED) is 0.355. The number of pyridine rings is 2. The molecule has 0 unspecified atom stereocenters. The highest BCUT2D eigenvalue weighted by Crippen LogP contribution is 2.23. The number of esters is 1. The predicted octanol–water partition coefficient (Wildman–Crippen LogP) is 4.16.